The van der Waals surface area contributed by atoms with E-state index in [4.69, 9.17) is 4.74 Å². The first-order chi connectivity index (χ1) is 10.7. The van der Waals surface area contributed by atoms with Crippen molar-refractivity contribution in [3.8, 4) is 0 Å². The zero-order chi connectivity index (χ0) is 17.2. The molecule has 0 aliphatic carbocycles. The van der Waals surface area contributed by atoms with Gasteiger partial charge >= 0.3 is 6.09 Å². The van der Waals surface area contributed by atoms with E-state index in [1.54, 1.807) is 11.9 Å². The maximum absolute atomic E-state index is 12.7. The Bertz CT molecular complexity index is 577. The minimum absolute atomic E-state index is 0.00261. The fourth-order valence-electron chi connectivity index (χ4n) is 2.67. The molecule has 23 heavy (non-hydrogen) atoms. The summed E-state index contributed by atoms with van der Waals surface area (Å²) in [5, 5.41) is 1.94. The lowest BCUT2D eigenvalue weighted by atomic mass is 10.0. The topological polar surface area (TPSA) is 49.9 Å². The molecule has 1 aromatic rings. The molecule has 0 bridgehead atoms. The molecular formula is C17H26N2O3S. The first-order valence-electron chi connectivity index (χ1n) is 7.98. The molecule has 1 saturated heterocycles. The minimum atomic E-state index is -0.510. The van der Waals surface area contributed by atoms with Crippen molar-refractivity contribution in [2.75, 3.05) is 20.1 Å². The highest BCUT2D eigenvalue weighted by Crippen LogP contribution is 2.23. The first kappa shape index (κ1) is 17.8. The normalized spacial score (nSPS) is 18.7. The molecule has 0 saturated carbocycles. The average Bonchev–Trinajstić information content (AvgIpc) is 2.90. The number of ether oxygens (including phenoxy) is 1. The Morgan fingerprint density at radius 3 is 2.65 bits per heavy atom. The van der Waals surface area contributed by atoms with E-state index in [1.165, 1.54) is 11.3 Å². The highest BCUT2D eigenvalue weighted by atomic mass is 32.1. The van der Waals surface area contributed by atoms with Gasteiger partial charge in [-0.2, -0.15) is 0 Å². The summed E-state index contributed by atoms with van der Waals surface area (Å²) >= 11 is 1.48. The summed E-state index contributed by atoms with van der Waals surface area (Å²) in [6.45, 7) is 8.83. The smallest absolute Gasteiger partial charge is 0.410 e. The Morgan fingerprint density at radius 1 is 1.39 bits per heavy atom. The number of nitrogens with zero attached hydrogens (tertiary/aromatic N) is 2. The van der Waals surface area contributed by atoms with Gasteiger partial charge in [0.05, 0.1) is 10.9 Å². The van der Waals surface area contributed by atoms with E-state index in [2.05, 4.69) is 0 Å². The van der Waals surface area contributed by atoms with E-state index in [9.17, 15) is 9.59 Å². The van der Waals surface area contributed by atoms with Crippen molar-refractivity contribution >= 4 is 23.3 Å². The Labute approximate surface area is 142 Å². The minimum Gasteiger partial charge on any atom is -0.444 e. The van der Waals surface area contributed by atoms with Crippen LogP contribution in [0.1, 0.15) is 48.8 Å². The van der Waals surface area contributed by atoms with Gasteiger partial charge in [0, 0.05) is 20.1 Å². The van der Waals surface area contributed by atoms with E-state index in [-0.39, 0.29) is 18.0 Å². The van der Waals surface area contributed by atoms with Gasteiger partial charge in [-0.05, 0) is 57.5 Å². The van der Waals surface area contributed by atoms with Crippen LogP contribution in [0.4, 0.5) is 4.79 Å². The summed E-state index contributed by atoms with van der Waals surface area (Å²) in [5.74, 6) is 0.0692. The summed E-state index contributed by atoms with van der Waals surface area (Å²) in [5.41, 5.74) is 0.506. The Hall–Kier alpha value is -1.56. The third-order valence-corrected chi connectivity index (χ3v) is 4.97. The van der Waals surface area contributed by atoms with Crippen LogP contribution in [0.2, 0.25) is 0 Å². The molecule has 1 fully saturated rings. The van der Waals surface area contributed by atoms with Gasteiger partial charge in [-0.25, -0.2) is 4.79 Å². The van der Waals surface area contributed by atoms with Crippen LogP contribution in [-0.2, 0) is 4.74 Å². The van der Waals surface area contributed by atoms with Gasteiger partial charge in [0.15, 0.2) is 0 Å². The predicted molar refractivity (Wildman–Crippen MR) is 92.0 cm³/mol. The second-order valence-corrected chi connectivity index (χ2v) is 7.99. The quantitative estimate of drug-likeness (QED) is 0.829. The Morgan fingerprint density at radius 2 is 2.09 bits per heavy atom. The number of hydrogen-bond acceptors (Lipinski definition) is 4. The van der Waals surface area contributed by atoms with E-state index >= 15 is 0 Å². The number of likely N-dealkylation sites (N-methyl/N-ethyl adjacent to an activating group) is 1. The van der Waals surface area contributed by atoms with E-state index < -0.39 is 5.60 Å². The van der Waals surface area contributed by atoms with Crippen molar-refractivity contribution in [1.29, 1.82) is 0 Å². The van der Waals surface area contributed by atoms with Crippen LogP contribution in [0.15, 0.2) is 11.4 Å². The maximum atomic E-state index is 12.7. The van der Waals surface area contributed by atoms with Crippen LogP contribution in [0.25, 0.3) is 0 Å². The van der Waals surface area contributed by atoms with Crippen molar-refractivity contribution in [3.05, 3.63) is 21.9 Å². The molecule has 5 nitrogen and oxygen atoms in total. The molecule has 0 spiro atoms. The molecule has 1 atom stereocenters. The SMILES string of the molecule is Cc1ccsc1C(=O)N1CCC[C@H](N(C)C(=O)OC(C)(C)C)C1. The van der Waals surface area contributed by atoms with Crippen LogP contribution >= 0.6 is 11.3 Å². The fourth-order valence-corrected chi connectivity index (χ4v) is 3.57. The molecular weight excluding hydrogens is 312 g/mol. The van der Waals surface area contributed by atoms with Gasteiger partial charge in [-0.15, -0.1) is 11.3 Å². The summed E-state index contributed by atoms with van der Waals surface area (Å²) < 4.78 is 5.43. The van der Waals surface area contributed by atoms with E-state index in [0.29, 0.717) is 6.54 Å². The van der Waals surface area contributed by atoms with Crippen molar-refractivity contribution in [2.24, 2.45) is 0 Å². The van der Waals surface area contributed by atoms with Crippen molar-refractivity contribution in [3.63, 3.8) is 0 Å². The van der Waals surface area contributed by atoms with Gasteiger partial charge in [-0.1, -0.05) is 0 Å². The maximum Gasteiger partial charge on any atom is 0.410 e. The number of amides is 2. The van der Waals surface area contributed by atoms with Gasteiger partial charge in [0.25, 0.3) is 5.91 Å². The molecule has 1 aromatic heterocycles. The number of rotatable bonds is 2. The van der Waals surface area contributed by atoms with Crippen LogP contribution < -0.4 is 0 Å². The molecule has 0 radical (unpaired) electrons. The van der Waals surface area contributed by atoms with Crippen LogP contribution in [0, 0.1) is 6.92 Å². The number of carbonyl (C=O) groups is 2. The summed E-state index contributed by atoms with van der Waals surface area (Å²) in [7, 11) is 1.75. The van der Waals surface area contributed by atoms with Crippen LogP contribution in [-0.4, -0.2) is 53.6 Å². The lowest BCUT2D eigenvalue weighted by Gasteiger charge is -2.38. The number of aryl methyl sites for hydroxylation is 1. The number of thiophene rings is 1. The Kier molecular flexibility index (Phi) is 5.34. The second-order valence-electron chi connectivity index (χ2n) is 7.07. The van der Waals surface area contributed by atoms with E-state index in [0.717, 1.165) is 29.8 Å². The van der Waals surface area contributed by atoms with Crippen molar-refractivity contribution in [1.82, 2.24) is 9.80 Å². The third-order valence-electron chi connectivity index (χ3n) is 3.97. The first-order valence-corrected chi connectivity index (χ1v) is 8.86. The Balaban J connectivity index is 2.02. The predicted octanol–water partition coefficient (Wildman–Crippen LogP) is 3.53. The fraction of sp³-hybridized carbons (Fsp3) is 0.647. The average molecular weight is 338 g/mol. The summed E-state index contributed by atoms with van der Waals surface area (Å²) in [6, 6.07) is 1.97. The third kappa shape index (κ3) is 4.47. The number of carbonyl (C=O) groups excluding carboxylic acids is 2. The molecule has 128 valence electrons. The van der Waals surface area contributed by atoms with Crippen molar-refractivity contribution < 1.29 is 14.3 Å². The molecule has 2 rings (SSSR count). The van der Waals surface area contributed by atoms with Crippen LogP contribution in [0.5, 0.6) is 0 Å². The molecule has 0 aromatic carbocycles. The molecule has 0 unspecified atom stereocenters. The summed E-state index contributed by atoms with van der Waals surface area (Å²) in [4.78, 5) is 29.2. The summed E-state index contributed by atoms with van der Waals surface area (Å²) in [6.07, 6.45) is 1.46. The number of piperidine rings is 1. The zero-order valence-electron chi connectivity index (χ0n) is 14.6. The highest BCUT2D eigenvalue weighted by molar-refractivity contribution is 7.12. The van der Waals surface area contributed by atoms with Gasteiger partial charge < -0.3 is 14.5 Å². The van der Waals surface area contributed by atoms with Gasteiger partial charge in [-0.3, -0.25) is 4.79 Å². The highest BCUT2D eigenvalue weighted by Gasteiger charge is 2.31. The molecule has 1 aliphatic rings. The van der Waals surface area contributed by atoms with Crippen molar-refractivity contribution in [2.45, 2.75) is 52.2 Å². The lowest BCUT2D eigenvalue weighted by Crippen LogP contribution is -2.51. The lowest BCUT2D eigenvalue weighted by molar-refractivity contribution is 0.0132. The second kappa shape index (κ2) is 6.91. The standard InChI is InChI=1S/C17H26N2O3S/c1-12-8-10-23-14(12)15(20)19-9-6-7-13(11-19)18(5)16(21)22-17(2,3)4/h8,10,13H,6-7,9,11H2,1-5H3/t13-/m0/s1. The molecule has 6 heteroatoms. The molecule has 2 amide bonds. The van der Waals surface area contributed by atoms with Gasteiger partial charge in [0.2, 0.25) is 0 Å². The zero-order valence-corrected chi connectivity index (χ0v) is 15.4. The largest absolute Gasteiger partial charge is 0.444 e. The number of likely N-dealkylation sites (tertiary alicyclic amines) is 1. The monoisotopic (exact) mass is 338 g/mol. The molecule has 0 N–H and O–H groups in total. The van der Waals surface area contributed by atoms with Crippen LogP contribution in [0.3, 0.4) is 0 Å². The number of hydrogen-bond donors (Lipinski definition) is 0. The van der Waals surface area contributed by atoms with E-state index in [1.807, 2.05) is 44.0 Å². The molecule has 2 heterocycles. The van der Waals surface area contributed by atoms with Gasteiger partial charge in [0.1, 0.15) is 5.60 Å². The molecule has 1 aliphatic heterocycles.